The predicted molar refractivity (Wildman–Crippen MR) is 172 cm³/mol. The van der Waals surface area contributed by atoms with E-state index in [1.54, 1.807) is 0 Å². The number of rotatable bonds is 27. The van der Waals surface area contributed by atoms with Crippen LogP contribution in [0.15, 0.2) is 0 Å². The van der Waals surface area contributed by atoms with Gasteiger partial charge in [0.1, 0.15) is 0 Å². The van der Waals surface area contributed by atoms with Gasteiger partial charge in [-0.2, -0.15) is 0 Å². The zero-order valence-corrected chi connectivity index (χ0v) is 27.7. The third kappa shape index (κ3) is 21.7. The van der Waals surface area contributed by atoms with E-state index in [4.69, 9.17) is 34.5 Å². The molecule has 2 atom stereocenters. The molecule has 0 radical (unpaired) electrons. The summed E-state index contributed by atoms with van der Waals surface area (Å²) in [6, 6.07) is 0. The zero-order valence-electron chi connectivity index (χ0n) is 26.0. The highest BCUT2D eigenvalue weighted by Crippen LogP contribution is 2.23. The third-order valence-electron chi connectivity index (χ3n) is 7.38. The van der Waals surface area contributed by atoms with Gasteiger partial charge >= 0.3 is 11.9 Å². The van der Waals surface area contributed by atoms with Gasteiger partial charge in [-0.15, -0.1) is 0 Å². The molecule has 0 aromatic heterocycles. The van der Waals surface area contributed by atoms with E-state index in [0.717, 1.165) is 45.1 Å². The maximum absolute atomic E-state index is 12.8. The SMILES string of the molecule is CCCCCCCCCCCCCCCCCC[N+](C)(S)C(=S)C(CC(=O)OCCCC)C(=O)OCCCC. The highest BCUT2D eigenvalue weighted by atomic mass is 32.1. The highest BCUT2D eigenvalue weighted by molar-refractivity contribution is 7.82. The van der Waals surface area contributed by atoms with Crippen LogP contribution in [-0.4, -0.2) is 47.6 Å². The summed E-state index contributed by atoms with van der Waals surface area (Å²) in [5.74, 6) is -1.65. The van der Waals surface area contributed by atoms with Crippen LogP contribution in [0.5, 0.6) is 0 Å². The molecule has 0 aliphatic rings. The monoisotopic (exact) mass is 588 g/mol. The second-order valence-corrected chi connectivity index (χ2v) is 12.7. The standard InChI is InChI=1S/C32H62NO4S2/c1-5-8-11-12-13-14-15-16-17-18-19-20-21-22-23-24-25-33(4,39)31(38)29(32(35)37-27-10-7-3)28-30(34)36-26-9-6-2/h29,39H,5-28H2,1-4H3/q+1. The molecule has 0 saturated carbocycles. The summed E-state index contributed by atoms with van der Waals surface area (Å²) >= 11 is 10.5. The van der Waals surface area contributed by atoms with Gasteiger partial charge in [0.25, 0.3) is 0 Å². The Morgan fingerprint density at radius 2 is 1.03 bits per heavy atom. The predicted octanol–water partition coefficient (Wildman–Crippen LogP) is 9.56. The van der Waals surface area contributed by atoms with E-state index < -0.39 is 17.9 Å². The van der Waals surface area contributed by atoms with E-state index in [1.165, 1.54) is 89.9 Å². The van der Waals surface area contributed by atoms with Gasteiger partial charge in [-0.25, -0.2) is 3.89 Å². The molecule has 0 aromatic carbocycles. The summed E-state index contributed by atoms with van der Waals surface area (Å²) in [5, 5.41) is 0. The quantitative estimate of drug-likeness (QED) is 0.0340. The first kappa shape index (κ1) is 38.3. The molecule has 0 saturated heterocycles. The fourth-order valence-corrected chi connectivity index (χ4v) is 5.21. The second kappa shape index (κ2) is 26.3. The normalized spacial score (nSPS) is 13.6. The molecule has 0 rings (SSSR count). The lowest BCUT2D eigenvalue weighted by molar-refractivity contribution is -0.670. The topological polar surface area (TPSA) is 52.6 Å². The van der Waals surface area contributed by atoms with Gasteiger partial charge in [0.15, 0.2) is 10.9 Å². The van der Waals surface area contributed by atoms with Crippen molar-refractivity contribution in [1.82, 2.24) is 0 Å². The first-order valence-corrected chi connectivity index (χ1v) is 17.1. The van der Waals surface area contributed by atoms with Crippen LogP contribution in [0, 0.1) is 5.92 Å². The number of hydrogen-bond donors (Lipinski definition) is 1. The number of ether oxygens (including phenoxy) is 2. The van der Waals surface area contributed by atoms with Gasteiger partial charge in [0.05, 0.1) is 46.0 Å². The molecule has 0 aliphatic carbocycles. The average Bonchev–Trinajstić information content (AvgIpc) is 2.91. The van der Waals surface area contributed by atoms with Crippen LogP contribution in [0.25, 0.3) is 0 Å². The lowest BCUT2D eigenvalue weighted by atomic mass is 10.0. The number of hydrogen-bond acceptors (Lipinski definition) is 6. The smallest absolute Gasteiger partial charge is 0.320 e. The van der Waals surface area contributed by atoms with Crippen molar-refractivity contribution in [2.24, 2.45) is 5.92 Å². The summed E-state index contributed by atoms with van der Waals surface area (Å²) in [7, 11) is 1.91. The van der Waals surface area contributed by atoms with Crippen molar-refractivity contribution in [2.45, 2.75) is 156 Å². The fraction of sp³-hybridized carbons (Fsp3) is 0.906. The Balaban J connectivity index is 4.24. The number of thiocarbonyl (C=S) groups is 1. The highest BCUT2D eigenvalue weighted by Gasteiger charge is 2.39. The first-order valence-electron chi connectivity index (χ1n) is 16.2. The van der Waals surface area contributed by atoms with Crippen LogP contribution >= 0.6 is 25.0 Å². The summed E-state index contributed by atoms with van der Waals surface area (Å²) in [5.41, 5.74) is 0. The van der Waals surface area contributed by atoms with Gasteiger partial charge < -0.3 is 9.47 Å². The molecule has 0 fully saturated rings. The summed E-state index contributed by atoms with van der Waals surface area (Å²) in [6.45, 7) is 7.79. The van der Waals surface area contributed by atoms with Crippen molar-refractivity contribution in [3.63, 3.8) is 0 Å². The van der Waals surface area contributed by atoms with Crippen LogP contribution < -0.4 is 0 Å². The van der Waals surface area contributed by atoms with E-state index in [9.17, 15) is 9.59 Å². The van der Waals surface area contributed by atoms with E-state index in [-0.39, 0.29) is 10.3 Å². The van der Waals surface area contributed by atoms with Crippen molar-refractivity contribution >= 4 is 42.0 Å². The lowest BCUT2D eigenvalue weighted by Gasteiger charge is -2.30. The van der Waals surface area contributed by atoms with Crippen molar-refractivity contribution in [1.29, 1.82) is 0 Å². The Labute approximate surface area is 252 Å². The van der Waals surface area contributed by atoms with Crippen molar-refractivity contribution in [2.75, 3.05) is 26.8 Å². The van der Waals surface area contributed by atoms with Crippen LogP contribution in [-0.2, 0) is 19.1 Å². The molecular weight excluding hydrogens is 526 g/mol. The Hall–Kier alpha value is -0.660. The van der Waals surface area contributed by atoms with E-state index >= 15 is 0 Å². The van der Waals surface area contributed by atoms with Crippen LogP contribution in [0.2, 0.25) is 0 Å². The molecule has 0 heterocycles. The molecule has 2 unspecified atom stereocenters. The summed E-state index contributed by atoms with van der Waals surface area (Å²) in [6.07, 6.45) is 24.6. The largest absolute Gasteiger partial charge is 0.466 e. The number of carbonyl (C=O) groups is 2. The van der Waals surface area contributed by atoms with Crippen LogP contribution in [0.4, 0.5) is 0 Å². The van der Waals surface area contributed by atoms with Crippen LogP contribution in [0.3, 0.4) is 0 Å². The summed E-state index contributed by atoms with van der Waals surface area (Å²) < 4.78 is 10.9. The fourth-order valence-electron chi connectivity index (χ4n) is 4.66. The van der Waals surface area contributed by atoms with Gasteiger partial charge in [0, 0.05) is 0 Å². The number of quaternary nitrogens is 1. The molecule has 0 spiro atoms. The van der Waals surface area contributed by atoms with Crippen molar-refractivity contribution in [3.05, 3.63) is 0 Å². The molecular formula is C32H62NO4S2+. The van der Waals surface area contributed by atoms with Gasteiger partial charge in [-0.1, -0.05) is 124 Å². The van der Waals surface area contributed by atoms with Gasteiger partial charge in [-0.3, -0.25) is 9.59 Å². The van der Waals surface area contributed by atoms with Crippen molar-refractivity contribution in [3.8, 4) is 0 Å². The van der Waals surface area contributed by atoms with Crippen LogP contribution in [0.1, 0.15) is 156 Å². The van der Waals surface area contributed by atoms with E-state index in [2.05, 4.69) is 6.92 Å². The third-order valence-corrected chi connectivity index (χ3v) is 8.62. The minimum Gasteiger partial charge on any atom is -0.466 e. The minimum absolute atomic E-state index is 0.0825. The zero-order chi connectivity index (χ0) is 29.2. The van der Waals surface area contributed by atoms with E-state index in [1.807, 2.05) is 20.9 Å². The number of carbonyl (C=O) groups excluding carboxylic acids is 2. The number of nitrogens with zero attached hydrogens (tertiary/aromatic N) is 1. The Kier molecular flexibility index (Phi) is 25.8. The second-order valence-electron chi connectivity index (χ2n) is 11.4. The lowest BCUT2D eigenvalue weighted by Crippen LogP contribution is -2.47. The first-order chi connectivity index (χ1) is 18.8. The molecule has 0 N–H and O–H groups in total. The number of thiol groups is 1. The summed E-state index contributed by atoms with van der Waals surface area (Å²) in [4.78, 5) is 25.7. The Morgan fingerprint density at radius 1 is 0.641 bits per heavy atom. The maximum Gasteiger partial charge on any atom is 0.320 e. The van der Waals surface area contributed by atoms with E-state index in [0.29, 0.717) is 18.2 Å². The molecule has 39 heavy (non-hydrogen) atoms. The molecule has 0 aromatic rings. The molecule has 0 amide bonds. The minimum atomic E-state index is -0.811. The molecule has 0 bridgehead atoms. The number of unbranched alkanes of at least 4 members (excludes halogenated alkanes) is 17. The molecule has 5 nitrogen and oxygen atoms in total. The molecule has 7 heteroatoms. The van der Waals surface area contributed by atoms with Crippen molar-refractivity contribution < 1.29 is 23.0 Å². The van der Waals surface area contributed by atoms with Gasteiger partial charge in [0.2, 0.25) is 0 Å². The maximum atomic E-state index is 12.8. The Morgan fingerprint density at radius 3 is 1.46 bits per heavy atom. The number of esters is 2. The average molecular weight is 589 g/mol. The molecule has 230 valence electrons. The molecule has 0 aliphatic heterocycles. The Bertz CT molecular complexity index is 627. The van der Waals surface area contributed by atoms with Gasteiger partial charge in [-0.05, 0) is 37.9 Å².